The van der Waals surface area contributed by atoms with Crippen molar-refractivity contribution in [3.05, 3.63) is 82.4 Å². The lowest BCUT2D eigenvalue weighted by Crippen LogP contribution is -2.32. The maximum absolute atomic E-state index is 13.7. The first-order valence-electron chi connectivity index (χ1n) is 10.0. The lowest BCUT2D eigenvalue weighted by Gasteiger charge is -2.24. The summed E-state index contributed by atoms with van der Waals surface area (Å²) in [4.78, 5) is 25.2. The number of aromatic amines is 1. The number of hydrogen-bond acceptors (Lipinski definition) is 4. The van der Waals surface area contributed by atoms with E-state index >= 15 is 0 Å². The molecule has 1 aliphatic heterocycles. The molecule has 8 heteroatoms. The van der Waals surface area contributed by atoms with E-state index in [-0.39, 0.29) is 11.9 Å². The fraction of sp³-hybridized carbons (Fsp3) is 0.217. The summed E-state index contributed by atoms with van der Waals surface area (Å²) in [6.45, 7) is 8.53. The minimum Gasteiger partial charge on any atom is -0.340 e. The number of carbonyl (C=O) groups excluding carboxylic acids is 1. The minimum absolute atomic E-state index is 0.102. The molecule has 4 aromatic rings. The summed E-state index contributed by atoms with van der Waals surface area (Å²) in [5.41, 5.74) is 5.81. The Kier molecular flexibility index (Phi) is 4.63. The van der Waals surface area contributed by atoms with Crippen molar-refractivity contribution in [1.82, 2.24) is 29.9 Å². The molecule has 1 aliphatic rings. The molecule has 0 aliphatic carbocycles. The van der Waals surface area contributed by atoms with E-state index in [4.69, 9.17) is 16.6 Å². The van der Waals surface area contributed by atoms with Gasteiger partial charge in [0.1, 0.15) is 5.82 Å². The quantitative estimate of drug-likeness (QED) is 0.481. The van der Waals surface area contributed by atoms with Gasteiger partial charge in [-0.25, -0.2) is 4.98 Å². The average Bonchev–Trinajstić information content (AvgIpc) is 3.49. The Morgan fingerprint density at radius 3 is 2.74 bits per heavy atom. The van der Waals surface area contributed by atoms with Gasteiger partial charge in [0.2, 0.25) is 0 Å². The maximum atomic E-state index is 13.7. The maximum Gasteiger partial charge on any atom is 0.257 e. The number of rotatable bonds is 3. The molecule has 1 atom stereocenters. The number of nitrogens with zero attached hydrogens (tertiary/aromatic N) is 5. The number of imidazole rings is 1. The van der Waals surface area contributed by atoms with Gasteiger partial charge in [0.25, 0.3) is 5.91 Å². The van der Waals surface area contributed by atoms with Gasteiger partial charge in [-0.05, 0) is 50.1 Å². The van der Waals surface area contributed by atoms with Crippen LogP contribution in [0.1, 0.15) is 39.8 Å². The highest BCUT2D eigenvalue weighted by Gasteiger charge is 2.36. The molecule has 0 bridgehead atoms. The molecule has 2 aromatic heterocycles. The Labute approximate surface area is 184 Å². The predicted molar refractivity (Wildman–Crippen MR) is 119 cm³/mol. The van der Waals surface area contributed by atoms with Crippen LogP contribution in [-0.2, 0) is 0 Å². The van der Waals surface area contributed by atoms with Crippen molar-refractivity contribution in [1.29, 1.82) is 0 Å². The van der Waals surface area contributed by atoms with Gasteiger partial charge < -0.3 is 9.88 Å². The van der Waals surface area contributed by atoms with Crippen molar-refractivity contribution in [3.8, 4) is 5.69 Å². The van der Waals surface area contributed by atoms with Gasteiger partial charge in [0.05, 0.1) is 40.7 Å². The van der Waals surface area contributed by atoms with Gasteiger partial charge in [-0.15, -0.1) is 0 Å². The molecule has 5 rings (SSSR count). The van der Waals surface area contributed by atoms with E-state index in [9.17, 15) is 4.79 Å². The fourth-order valence-corrected chi connectivity index (χ4v) is 4.26. The normalized spacial score (nSPS) is 16.4. The number of nitrogens with one attached hydrogen (secondary N) is 1. The van der Waals surface area contributed by atoms with E-state index in [0.717, 1.165) is 33.6 Å². The lowest BCUT2D eigenvalue weighted by atomic mass is 10.1. The van der Waals surface area contributed by atoms with E-state index in [2.05, 4.69) is 21.8 Å². The van der Waals surface area contributed by atoms with Crippen molar-refractivity contribution in [2.45, 2.75) is 26.3 Å². The van der Waals surface area contributed by atoms with Gasteiger partial charge in [0.15, 0.2) is 0 Å². The van der Waals surface area contributed by atoms with Crippen LogP contribution < -0.4 is 0 Å². The molecular weight excluding hydrogens is 412 g/mol. The Hall–Kier alpha value is -3.45. The molecule has 2 aromatic carbocycles. The van der Waals surface area contributed by atoms with Crippen LogP contribution in [0.25, 0.3) is 16.7 Å². The second kappa shape index (κ2) is 7.35. The second-order valence-electron chi connectivity index (χ2n) is 7.93. The van der Waals surface area contributed by atoms with Crippen LogP contribution in [0.2, 0.25) is 5.02 Å². The number of amides is 1. The molecular formula is C23H21ClN6O. The van der Waals surface area contributed by atoms with E-state index in [1.165, 1.54) is 4.80 Å². The number of aryl methyl sites for hydroxylation is 2. The number of hydrogen-bond donors (Lipinski definition) is 1. The molecule has 0 saturated carbocycles. The van der Waals surface area contributed by atoms with Crippen molar-refractivity contribution in [3.63, 3.8) is 0 Å². The Morgan fingerprint density at radius 1 is 1.19 bits per heavy atom. The highest BCUT2D eigenvalue weighted by atomic mass is 35.5. The number of H-pyrrole nitrogens is 1. The van der Waals surface area contributed by atoms with Crippen molar-refractivity contribution in [2.75, 3.05) is 6.54 Å². The van der Waals surface area contributed by atoms with E-state index in [1.54, 1.807) is 12.4 Å². The topological polar surface area (TPSA) is 79.7 Å². The second-order valence-corrected chi connectivity index (χ2v) is 8.34. The standard InChI is InChI=1S/C23H21ClN6O/c1-13-4-7-19(30-25-8-9-26-30)16(10-13)23(31)29-12-14(2)11-20(29)22-27-18-6-5-17(24)15(3)21(18)28-22/h4-10,20H,2,11-12H2,1,3H3,(H,27,28)/t20-/m0/s1. The molecule has 7 nitrogen and oxygen atoms in total. The van der Waals surface area contributed by atoms with Gasteiger partial charge in [-0.1, -0.05) is 35.4 Å². The average molecular weight is 433 g/mol. The number of carbonyl (C=O) groups is 1. The zero-order chi connectivity index (χ0) is 21.7. The van der Waals surface area contributed by atoms with Gasteiger partial charge >= 0.3 is 0 Å². The van der Waals surface area contributed by atoms with E-state index in [1.807, 2.05) is 49.1 Å². The third-order valence-corrected chi connectivity index (χ3v) is 6.11. The van der Waals surface area contributed by atoms with Crippen molar-refractivity contribution < 1.29 is 4.79 Å². The number of fused-ring (bicyclic) bond motifs is 1. The van der Waals surface area contributed by atoms with Crippen LogP contribution in [0.15, 0.2) is 54.9 Å². The molecule has 0 radical (unpaired) electrons. The van der Waals surface area contributed by atoms with Gasteiger partial charge in [-0.2, -0.15) is 15.0 Å². The molecule has 156 valence electrons. The Balaban J connectivity index is 1.57. The molecule has 0 spiro atoms. The van der Waals surface area contributed by atoms with E-state index < -0.39 is 0 Å². The minimum atomic E-state index is -0.232. The van der Waals surface area contributed by atoms with Crippen molar-refractivity contribution >= 4 is 28.5 Å². The van der Waals surface area contributed by atoms with Crippen LogP contribution in [0.3, 0.4) is 0 Å². The summed E-state index contributed by atoms with van der Waals surface area (Å²) in [6.07, 6.45) is 3.84. The number of likely N-dealkylation sites (tertiary alicyclic amines) is 1. The summed E-state index contributed by atoms with van der Waals surface area (Å²) < 4.78 is 0. The molecule has 1 fully saturated rings. The summed E-state index contributed by atoms with van der Waals surface area (Å²) in [6, 6.07) is 9.23. The molecule has 1 amide bonds. The fourth-order valence-electron chi connectivity index (χ4n) is 4.11. The first kappa shape index (κ1) is 19.5. The molecule has 0 unspecified atom stereocenters. The van der Waals surface area contributed by atoms with Gasteiger partial charge in [-0.3, -0.25) is 4.79 Å². The Morgan fingerprint density at radius 2 is 1.97 bits per heavy atom. The van der Waals surface area contributed by atoms with Crippen LogP contribution in [0, 0.1) is 13.8 Å². The first-order chi connectivity index (χ1) is 14.9. The van der Waals surface area contributed by atoms with Crippen LogP contribution in [0.5, 0.6) is 0 Å². The smallest absolute Gasteiger partial charge is 0.257 e. The van der Waals surface area contributed by atoms with Crippen molar-refractivity contribution in [2.24, 2.45) is 0 Å². The molecule has 1 N–H and O–H groups in total. The van der Waals surface area contributed by atoms with Crippen LogP contribution in [-0.4, -0.2) is 42.3 Å². The predicted octanol–water partition coefficient (Wildman–Crippen LogP) is 4.56. The lowest BCUT2D eigenvalue weighted by molar-refractivity contribution is 0.0732. The zero-order valence-corrected chi connectivity index (χ0v) is 18.0. The SMILES string of the molecule is C=C1C[C@@H](c2nc3c(C)c(Cl)ccc3[nH]2)N(C(=O)c2cc(C)ccc2-n2nccn2)C1. The highest BCUT2D eigenvalue weighted by Crippen LogP contribution is 2.36. The summed E-state index contributed by atoms with van der Waals surface area (Å²) in [5, 5.41) is 9.09. The number of benzene rings is 2. The summed E-state index contributed by atoms with van der Waals surface area (Å²) in [7, 11) is 0. The summed E-state index contributed by atoms with van der Waals surface area (Å²) >= 11 is 6.27. The molecule has 3 heterocycles. The summed E-state index contributed by atoms with van der Waals surface area (Å²) in [5.74, 6) is 0.633. The third kappa shape index (κ3) is 3.31. The zero-order valence-electron chi connectivity index (χ0n) is 17.3. The monoisotopic (exact) mass is 432 g/mol. The van der Waals surface area contributed by atoms with Crippen LogP contribution in [0.4, 0.5) is 0 Å². The van der Waals surface area contributed by atoms with Gasteiger partial charge in [0, 0.05) is 11.6 Å². The highest BCUT2D eigenvalue weighted by molar-refractivity contribution is 6.32. The molecule has 1 saturated heterocycles. The molecule has 31 heavy (non-hydrogen) atoms. The van der Waals surface area contributed by atoms with Crippen LogP contribution >= 0.6 is 11.6 Å². The van der Waals surface area contributed by atoms with E-state index in [0.29, 0.717) is 29.2 Å². The first-order valence-corrected chi connectivity index (χ1v) is 10.4. The Bertz CT molecular complexity index is 1320. The largest absolute Gasteiger partial charge is 0.340 e. The number of aromatic nitrogens is 5. The number of halogens is 1. The third-order valence-electron chi connectivity index (χ3n) is 5.71.